The van der Waals surface area contributed by atoms with E-state index >= 15 is 0 Å². The van der Waals surface area contributed by atoms with Crippen LogP contribution in [0.4, 0.5) is 0 Å². The highest BCUT2D eigenvalue weighted by Gasteiger charge is 2.02. The van der Waals surface area contributed by atoms with Crippen LogP contribution in [-0.4, -0.2) is 17.0 Å². The van der Waals surface area contributed by atoms with E-state index in [0.717, 1.165) is 10.4 Å². The van der Waals surface area contributed by atoms with Crippen molar-refractivity contribution in [3.63, 3.8) is 0 Å². The fraction of sp³-hybridized carbons (Fsp3) is 0.0667. The first-order valence-electron chi connectivity index (χ1n) is 6.08. The maximum Gasteiger partial charge on any atom is 0.335 e. The number of carbonyl (C=O) groups excluding carboxylic acids is 1. The topological polar surface area (TPSA) is 66.4 Å². The SMILES string of the molecule is O=C(/C=C/c1ccc(Cl)s1)NCc1ccc(C(=O)O)cc1. The Morgan fingerprint density at radius 3 is 2.48 bits per heavy atom. The van der Waals surface area contributed by atoms with Gasteiger partial charge in [-0.15, -0.1) is 11.3 Å². The van der Waals surface area contributed by atoms with Gasteiger partial charge in [-0.25, -0.2) is 4.79 Å². The fourth-order valence-corrected chi connectivity index (χ4v) is 2.55. The number of benzene rings is 1. The monoisotopic (exact) mass is 321 g/mol. The average Bonchev–Trinajstić information content (AvgIpc) is 2.89. The highest BCUT2D eigenvalue weighted by Crippen LogP contribution is 2.22. The lowest BCUT2D eigenvalue weighted by atomic mass is 10.1. The van der Waals surface area contributed by atoms with Gasteiger partial charge in [-0.05, 0) is 35.9 Å². The second-order valence-corrected chi connectivity index (χ2v) is 5.94. The summed E-state index contributed by atoms with van der Waals surface area (Å²) in [6.45, 7) is 0.342. The number of hydrogen-bond acceptors (Lipinski definition) is 3. The minimum atomic E-state index is -0.969. The molecule has 2 N–H and O–H groups in total. The van der Waals surface area contributed by atoms with Crippen LogP contribution in [0.15, 0.2) is 42.5 Å². The molecule has 2 rings (SSSR count). The highest BCUT2D eigenvalue weighted by molar-refractivity contribution is 7.17. The third kappa shape index (κ3) is 4.73. The molecule has 0 aliphatic heterocycles. The zero-order valence-electron chi connectivity index (χ0n) is 10.9. The first-order valence-corrected chi connectivity index (χ1v) is 7.27. The van der Waals surface area contributed by atoms with Gasteiger partial charge < -0.3 is 10.4 Å². The Kier molecular flexibility index (Phi) is 5.14. The maximum atomic E-state index is 11.7. The molecule has 0 atom stereocenters. The number of hydrogen-bond donors (Lipinski definition) is 2. The zero-order valence-corrected chi connectivity index (χ0v) is 12.4. The number of thiophene rings is 1. The number of aromatic carboxylic acids is 1. The van der Waals surface area contributed by atoms with Crippen molar-refractivity contribution in [3.05, 3.63) is 62.8 Å². The van der Waals surface area contributed by atoms with Gasteiger partial charge >= 0.3 is 5.97 Å². The van der Waals surface area contributed by atoms with Gasteiger partial charge in [0.2, 0.25) is 5.91 Å². The Morgan fingerprint density at radius 2 is 1.90 bits per heavy atom. The summed E-state index contributed by atoms with van der Waals surface area (Å²) in [6, 6.07) is 9.97. The lowest BCUT2D eigenvalue weighted by Crippen LogP contribution is -2.20. The standard InChI is InChI=1S/C15H12ClNO3S/c16-13-7-5-12(21-13)6-8-14(18)17-9-10-1-3-11(4-2-10)15(19)20/h1-8H,9H2,(H,17,18)(H,19,20)/b8-6+. The molecule has 0 fully saturated rings. The molecule has 0 bridgehead atoms. The maximum absolute atomic E-state index is 11.7. The van der Waals surface area contributed by atoms with Crippen molar-refractivity contribution in [2.45, 2.75) is 6.54 Å². The molecule has 108 valence electrons. The molecule has 4 nitrogen and oxygen atoms in total. The van der Waals surface area contributed by atoms with Crippen molar-refractivity contribution in [3.8, 4) is 0 Å². The summed E-state index contributed by atoms with van der Waals surface area (Å²) in [5.74, 6) is -1.19. The van der Waals surface area contributed by atoms with Gasteiger partial charge in [-0.2, -0.15) is 0 Å². The predicted molar refractivity (Wildman–Crippen MR) is 83.6 cm³/mol. The Bertz CT molecular complexity index is 676. The summed E-state index contributed by atoms with van der Waals surface area (Å²) in [6.07, 6.45) is 3.13. The van der Waals surface area contributed by atoms with E-state index in [0.29, 0.717) is 10.9 Å². The number of rotatable bonds is 5. The van der Waals surface area contributed by atoms with Gasteiger partial charge in [-0.1, -0.05) is 23.7 Å². The van der Waals surface area contributed by atoms with Crippen LogP contribution in [0, 0.1) is 0 Å². The quantitative estimate of drug-likeness (QED) is 0.829. The lowest BCUT2D eigenvalue weighted by molar-refractivity contribution is -0.116. The minimum absolute atomic E-state index is 0.221. The van der Waals surface area contributed by atoms with Crippen LogP contribution in [0.3, 0.4) is 0 Å². The van der Waals surface area contributed by atoms with Gasteiger partial charge in [0, 0.05) is 17.5 Å². The third-order valence-electron chi connectivity index (χ3n) is 2.66. The molecule has 0 unspecified atom stereocenters. The van der Waals surface area contributed by atoms with E-state index in [-0.39, 0.29) is 11.5 Å². The lowest BCUT2D eigenvalue weighted by Gasteiger charge is -2.03. The van der Waals surface area contributed by atoms with Crippen LogP contribution in [0.1, 0.15) is 20.8 Å². The van der Waals surface area contributed by atoms with Crippen molar-refractivity contribution in [2.75, 3.05) is 0 Å². The summed E-state index contributed by atoms with van der Waals surface area (Å²) >= 11 is 7.19. The summed E-state index contributed by atoms with van der Waals surface area (Å²) in [4.78, 5) is 23.3. The summed E-state index contributed by atoms with van der Waals surface area (Å²) in [5, 5.41) is 11.5. The van der Waals surface area contributed by atoms with E-state index in [1.165, 1.54) is 29.5 Å². The Morgan fingerprint density at radius 1 is 1.19 bits per heavy atom. The van der Waals surface area contributed by atoms with Gasteiger partial charge in [0.05, 0.1) is 9.90 Å². The van der Waals surface area contributed by atoms with E-state index in [2.05, 4.69) is 5.32 Å². The van der Waals surface area contributed by atoms with Crippen LogP contribution in [0.2, 0.25) is 4.34 Å². The molecule has 0 spiro atoms. The van der Waals surface area contributed by atoms with Crippen molar-refractivity contribution in [2.24, 2.45) is 0 Å². The molecule has 1 aromatic heterocycles. The Balaban J connectivity index is 1.86. The van der Waals surface area contributed by atoms with Crippen LogP contribution >= 0.6 is 22.9 Å². The molecule has 0 radical (unpaired) electrons. The number of carboxylic acid groups (broad SMARTS) is 1. The highest BCUT2D eigenvalue weighted by atomic mass is 35.5. The molecule has 0 aliphatic rings. The second-order valence-electron chi connectivity index (χ2n) is 4.20. The number of halogens is 1. The van der Waals surface area contributed by atoms with Gasteiger partial charge in [0.1, 0.15) is 0 Å². The molecule has 21 heavy (non-hydrogen) atoms. The molecule has 2 aromatic rings. The molecule has 1 aromatic carbocycles. The number of amides is 1. The van der Waals surface area contributed by atoms with Gasteiger partial charge in [0.15, 0.2) is 0 Å². The second kappa shape index (κ2) is 7.06. The van der Waals surface area contributed by atoms with E-state index in [1.807, 2.05) is 6.07 Å². The average molecular weight is 322 g/mol. The van der Waals surface area contributed by atoms with Crippen LogP contribution < -0.4 is 5.32 Å². The molecular weight excluding hydrogens is 310 g/mol. The van der Waals surface area contributed by atoms with E-state index < -0.39 is 5.97 Å². The number of carboxylic acids is 1. The Hall–Kier alpha value is -2.11. The minimum Gasteiger partial charge on any atom is -0.478 e. The summed E-state index contributed by atoms with van der Waals surface area (Å²) in [5.41, 5.74) is 1.06. The number of nitrogens with one attached hydrogen (secondary N) is 1. The largest absolute Gasteiger partial charge is 0.478 e. The van der Waals surface area contributed by atoms with Gasteiger partial charge in [0.25, 0.3) is 0 Å². The van der Waals surface area contributed by atoms with E-state index in [1.54, 1.807) is 24.3 Å². The molecule has 6 heteroatoms. The van der Waals surface area contributed by atoms with Crippen molar-refractivity contribution >= 4 is 40.9 Å². The molecule has 0 saturated carbocycles. The molecule has 1 amide bonds. The van der Waals surface area contributed by atoms with Crippen molar-refractivity contribution in [1.29, 1.82) is 0 Å². The Labute approximate surface area is 130 Å². The van der Waals surface area contributed by atoms with Crippen molar-refractivity contribution in [1.82, 2.24) is 5.32 Å². The third-order valence-corrected chi connectivity index (χ3v) is 3.86. The van der Waals surface area contributed by atoms with Crippen molar-refractivity contribution < 1.29 is 14.7 Å². The van der Waals surface area contributed by atoms with Crippen LogP contribution in [0.25, 0.3) is 6.08 Å². The summed E-state index contributed by atoms with van der Waals surface area (Å²) < 4.78 is 0.675. The first-order chi connectivity index (χ1) is 10.0. The molecule has 1 heterocycles. The molecule has 0 aliphatic carbocycles. The fourth-order valence-electron chi connectivity index (χ4n) is 1.59. The van der Waals surface area contributed by atoms with E-state index in [9.17, 15) is 9.59 Å². The van der Waals surface area contributed by atoms with Crippen LogP contribution in [0.5, 0.6) is 0 Å². The smallest absolute Gasteiger partial charge is 0.335 e. The zero-order chi connectivity index (χ0) is 15.2. The normalized spacial score (nSPS) is 10.7. The number of carbonyl (C=O) groups is 2. The van der Waals surface area contributed by atoms with E-state index in [4.69, 9.17) is 16.7 Å². The first kappa shape index (κ1) is 15.3. The predicted octanol–water partition coefficient (Wildman–Crippen LogP) is 3.43. The molecule has 0 saturated heterocycles. The summed E-state index contributed by atoms with van der Waals surface area (Å²) in [7, 11) is 0. The van der Waals surface area contributed by atoms with Gasteiger partial charge in [-0.3, -0.25) is 4.79 Å². The van der Waals surface area contributed by atoms with Crippen LogP contribution in [-0.2, 0) is 11.3 Å². The molecular formula is C15H12ClNO3S.